The summed E-state index contributed by atoms with van der Waals surface area (Å²) in [4.78, 5) is 21.9. The molecule has 0 saturated carbocycles. The maximum Gasteiger partial charge on any atom is 0.303 e. The molecule has 110 valence electrons. The van der Waals surface area contributed by atoms with Crippen molar-refractivity contribution in [3.63, 3.8) is 0 Å². The Balaban J connectivity index is 2.11. The van der Waals surface area contributed by atoms with Gasteiger partial charge < -0.3 is 10.4 Å². The van der Waals surface area contributed by atoms with Crippen molar-refractivity contribution < 1.29 is 14.7 Å². The van der Waals surface area contributed by atoms with Crippen LogP contribution in [0.15, 0.2) is 30.3 Å². The van der Waals surface area contributed by atoms with E-state index >= 15 is 0 Å². The first-order valence-corrected chi connectivity index (χ1v) is 7.13. The molecule has 0 aliphatic carbocycles. The molecule has 2 N–H and O–H groups in total. The zero-order valence-corrected chi connectivity index (χ0v) is 12.0. The Morgan fingerprint density at radius 3 is 2.45 bits per heavy atom. The molecule has 20 heavy (non-hydrogen) atoms. The van der Waals surface area contributed by atoms with Crippen LogP contribution in [0, 0.1) is 0 Å². The second-order valence-corrected chi connectivity index (χ2v) is 5.05. The molecule has 1 aromatic carbocycles. The van der Waals surface area contributed by atoms with E-state index in [4.69, 9.17) is 5.11 Å². The molecule has 4 heteroatoms. The minimum absolute atomic E-state index is 0.00986. The van der Waals surface area contributed by atoms with Crippen LogP contribution >= 0.6 is 0 Å². The fourth-order valence-corrected chi connectivity index (χ4v) is 2.03. The monoisotopic (exact) mass is 277 g/mol. The predicted octanol–water partition coefficient (Wildman–Crippen LogP) is 2.94. The minimum Gasteiger partial charge on any atom is -0.481 e. The molecule has 0 bridgehead atoms. The lowest BCUT2D eigenvalue weighted by Gasteiger charge is -2.12. The van der Waals surface area contributed by atoms with Crippen LogP contribution in [-0.2, 0) is 9.59 Å². The van der Waals surface area contributed by atoms with Gasteiger partial charge in [-0.15, -0.1) is 0 Å². The first kappa shape index (κ1) is 16.2. The van der Waals surface area contributed by atoms with Gasteiger partial charge >= 0.3 is 5.97 Å². The van der Waals surface area contributed by atoms with Crippen molar-refractivity contribution in [2.45, 2.75) is 44.9 Å². The van der Waals surface area contributed by atoms with Crippen LogP contribution in [0.25, 0.3) is 0 Å². The summed E-state index contributed by atoms with van der Waals surface area (Å²) in [5, 5.41) is 11.4. The Labute approximate surface area is 120 Å². The number of unbranched alkanes of at least 4 members (excludes halogenated alkanes) is 1. The molecule has 1 rings (SSSR count). The number of amides is 1. The topological polar surface area (TPSA) is 66.4 Å². The highest BCUT2D eigenvalue weighted by Gasteiger charge is 2.06. The third kappa shape index (κ3) is 6.92. The lowest BCUT2D eigenvalue weighted by Crippen LogP contribution is -2.25. The Morgan fingerprint density at radius 2 is 1.80 bits per heavy atom. The second-order valence-electron chi connectivity index (χ2n) is 5.05. The highest BCUT2D eigenvalue weighted by Crippen LogP contribution is 2.17. The van der Waals surface area contributed by atoms with Crippen LogP contribution in [0.5, 0.6) is 0 Å². The van der Waals surface area contributed by atoms with Crippen molar-refractivity contribution in [2.75, 3.05) is 6.54 Å². The van der Waals surface area contributed by atoms with Crippen molar-refractivity contribution in [1.82, 2.24) is 5.32 Å². The smallest absolute Gasteiger partial charge is 0.303 e. The normalized spacial score (nSPS) is 11.8. The van der Waals surface area contributed by atoms with E-state index in [0.29, 0.717) is 31.7 Å². The largest absolute Gasteiger partial charge is 0.481 e. The third-order valence-corrected chi connectivity index (χ3v) is 3.31. The summed E-state index contributed by atoms with van der Waals surface area (Å²) in [6.07, 6.45) is 2.64. The van der Waals surface area contributed by atoms with Gasteiger partial charge in [0.05, 0.1) is 0 Å². The summed E-state index contributed by atoms with van der Waals surface area (Å²) in [5.74, 6) is -0.374. The fraction of sp³-hybridized carbons (Fsp3) is 0.500. The van der Waals surface area contributed by atoms with Gasteiger partial charge in [0, 0.05) is 19.4 Å². The van der Waals surface area contributed by atoms with E-state index in [1.807, 2.05) is 18.2 Å². The number of carbonyl (C=O) groups is 2. The van der Waals surface area contributed by atoms with E-state index in [0.717, 1.165) is 6.42 Å². The van der Waals surface area contributed by atoms with Crippen LogP contribution in [-0.4, -0.2) is 23.5 Å². The van der Waals surface area contributed by atoms with E-state index in [1.54, 1.807) is 0 Å². The molecule has 1 atom stereocenters. The van der Waals surface area contributed by atoms with Gasteiger partial charge in [-0.05, 0) is 30.7 Å². The zero-order valence-electron chi connectivity index (χ0n) is 12.0. The molecule has 0 saturated heterocycles. The van der Waals surface area contributed by atoms with Gasteiger partial charge in [0.25, 0.3) is 0 Å². The Hall–Kier alpha value is -1.84. The van der Waals surface area contributed by atoms with E-state index in [-0.39, 0.29) is 12.3 Å². The quantitative estimate of drug-likeness (QED) is 0.682. The average Bonchev–Trinajstić information content (AvgIpc) is 2.44. The van der Waals surface area contributed by atoms with Gasteiger partial charge in [0.2, 0.25) is 5.91 Å². The highest BCUT2D eigenvalue weighted by atomic mass is 16.4. The molecule has 1 amide bonds. The SMILES string of the molecule is CC(CCNC(=O)CCCCC(=O)O)c1ccccc1. The molecule has 0 spiro atoms. The van der Waals surface area contributed by atoms with Crippen molar-refractivity contribution in [3.8, 4) is 0 Å². The van der Waals surface area contributed by atoms with Crippen LogP contribution in [0.1, 0.15) is 50.5 Å². The highest BCUT2D eigenvalue weighted by molar-refractivity contribution is 5.75. The van der Waals surface area contributed by atoms with Crippen molar-refractivity contribution in [2.24, 2.45) is 0 Å². The predicted molar refractivity (Wildman–Crippen MR) is 78.6 cm³/mol. The molecular weight excluding hydrogens is 254 g/mol. The van der Waals surface area contributed by atoms with Crippen molar-refractivity contribution >= 4 is 11.9 Å². The summed E-state index contributed by atoms with van der Waals surface area (Å²) >= 11 is 0. The van der Waals surface area contributed by atoms with Crippen LogP contribution < -0.4 is 5.32 Å². The Bertz CT molecular complexity index is 417. The number of carboxylic acids is 1. The van der Waals surface area contributed by atoms with Gasteiger partial charge in [-0.2, -0.15) is 0 Å². The van der Waals surface area contributed by atoms with Crippen LogP contribution in [0.4, 0.5) is 0 Å². The molecule has 0 aliphatic heterocycles. The van der Waals surface area contributed by atoms with E-state index in [2.05, 4.69) is 24.4 Å². The number of carboxylic acid groups (broad SMARTS) is 1. The lowest BCUT2D eigenvalue weighted by molar-refractivity contribution is -0.137. The molecular formula is C16H23NO3. The van der Waals surface area contributed by atoms with Crippen LogP contribution in [0.3, 0.4) is 0 Å². The van der Waals surface area contributed by atoms with Gasteiger partial charge in [-0.3, -0.25) is 9.59 Å². The molecule has 0 aliphatic rings. The summed E-state index contributed by atoms with van der Waals surface area (Å²) in [6.45, 7) is 2.81. The summed E-state index contributed by atoms with van der Waals surface area (Å²) in [7, 11) is 0. The Kier molecular flexibility index (Phi) is 7.40. The Morgan fingerprint density at radius 1 is 1.15 bits per heavy atom. The molecule has 0 heterocycles. The van der Waals surface area contributed by atoms with Gasteiger partial charge in [0.15, 0.2) is 0 Å². The molecule has 1 aromatic rings. The summed E-state index contributed by atoms with van der Waals surface area (Å²) in [5.41, 5.74) is 1.28. The zero-order chi connectivity index (χ0) is 14.8. The molecule has 0 radical (unpaired) electrons. The van der Waals surface area contributed by atoms with Crippen molar-refractivity contribution in [1.29, 1.82) is 0 Å². The maximum absolute atomic E-state index is 11.5. The molecule has 1 unspecified atom stereocenters. The van der Waals surface area contributed by atoms with Gasteiger partial charge in [-0.1, -0.05) is 37.3 Å². The standard InChI is InChI=1S/C16H23NO3/c1-13(14-7-3-2-4-8-14)11-12-17-15(18)9-5-6-10-16(19)20/h2-4,7-8,13H,5-6,9-12H2,1H3,(H,17,18)(H,19,20). The van der Waals surface area contributed by atoms with E-state index in [9.17, 15) is 9.59 Å². The fourth-order valence-electron chi connectivity index (χ4n) is 2.03. The minimum atomic E-state index is -0.804. The van der Waals surface area contributed by atoms with E-state index < -0.39 is 5.97 Å². The molecule has 0 fully saturated rings. The number of hydrogen-bond acceptors (Lipinski definition) is 2. The first-order chi connectivity index (χ1) is 9.59. The maximum atomic E-state index is 11.5. The molecule has 0 aromatic heterocycles. The average molecular weight is 277 g/mol. The molecule has 4 nitrogen and oxygen atoms in total. The number of carbonyl (C=O) groups excluding carboxylic acids is 1. The van der Waals surface area contributed by atoms with Gasteiger partial charge in [0.1, 0.15) is 0 Å². The lowest BCUT2D eigenvalue weighted by atomic mass is 9.98. The number of hydrogen-bond donors (Lipinski definition) is 2. The van der Waals surface area contributed by atoms with E-state index in [1.165, 1.54) is 5.56 Å². The number of nitrogens with one attached hydrogen (secondary N) is 1. The summed E-state index contributed by atoms with van der Waals surface area (Å²) in [6, 6.07) is 10.2. The first-order valence-electron chi connectivity index (χ1n) is 7.13. The second kappa shape index (κ2) is 9.13. The number of benzene rings is 1. The van der Waals surface area contributed by atoms with Crippen molar-refractivity contribution in [3.05, 3.63) is 35.9 Å². The summed E-state index contributed by atoms with van der Waals surface area (Å²) < 4.78 is 0. The van der Waals surface area contributed by atoms with Crippen LogP contribution in [0.2, 0.25) is 0 Å². The van der Waals surface area contributed by atoms with Gasteiger partial charge in [-0.25, -0.2) is 0 Å². The number of aliphatic carboxylic acids is 1. The third-order valence-electron chi connectivity index (χ3n) is 3.31. The number of rotatable bonds is 9.